The SMILES string of the molecule is O=C1CCC1c1ccccc1-c1ccccc1. The molecule has 0 radical (unpaired) electrons. The predicted octanol–water partition coefficient (Wildman–Crippen LogP) is 3.80. The van der Waals surface area contributed by atoms with Crippen molar-refractivity contribution in [2.24, 2.45) is 0 Å². The van der Waals surface area contributed by atoms with Gasteiger partial charge in [0, 0.05) is 12.3 Å². The molecule has 1 nitrogen and oxygen atoms in total. The summed E-state index contributed by atoms with van der Waals surface area (Å²) in [6.45, 7) is 0. The molecule has 17 heavy (non-hydrogen) atoms. The Balaban J connectivity index is 2.08. The molecule has 1 unspecified atom stereocenters. The Morgan fingerprint density at radius 3 is 2.24 bits per heavy atom. The highest BCUT2D eigenvalue weighted by Gasteiger charge is 2.31. The number of benzene rings is 2. The van der Waals surface area contributed by atoms with Crippen LogP contribution >= 0.6 is 0 Å². The highest BCUT2D eigenvalue weighted by atomic mass is 16.1. The minimum absolute atomic E-state index is 0.131. The van der Waals surface area contributed by atoms with Gasteiger partial charge in [-0.1, -0.05) is 54.6 Å². The van der Waals surface area contributed by atoms with Crippen LogP contribution in [0.15, 0.2) is 54.6 Å². The molecule has 1 fully saturated rings. The van der Waals surface area contributed by atoms with Gasteiger partial charge in [0.05, 0.1) is 0 Å². The zero-order chi connectivity index (χ0) is 11.7. The first-order chi connectivity index (χ1) is 8.36. The van der Waals surface area contributed by atoms with E-state index in [1.165, 1.54) is 16.7 Å². The third-order valence-corrected chi connectivity index (χ3v) is 3.49. The van der Waals surface area contributed by atoms with E-state index in [-0.39, 0.29) is 5.92 Å². The molecule has 1 aliphatic rings. The number of ketones is 1. The molecule has 2 aromatic carbocycles. The number of carbonyl (C=O) groups is 1. The van der Waals surface area contributed by atoms with Crippen LogP contribution in [-0.2, 0) is 4.79 Å². The zero-order valence-corrected chi connectivity index (χ0v) is 9.60. The molecule has 0 aliphatic heterocycles. The van der Waals surface area contributed by atoms with Crippen molar-refractivity contribution in [3.8, 4) is 11.1 Å². The average Bonchev–Trinajstić information content (AvgIpc) is 2.39. The molecule has 0 saturated heterocycles. The molecule has 0 aromatic heterocycles. The zero-order valence-electron chi connectivity index (χ0n) is 9.60. The molecule has 0 amide bonds. The van der Waals surface area contributed by atoms with Gasteiger partial charge >= 0.3 is 0 Å². The molecule has 0 spiro atoms. The van der Waals surface area contributed by atoms with Crippen molar-refractivity contribution in [2.45, 2.75) is 18.8 Å². The molecule has 0 N–H and O–H groups in total. The lowest BCUT2D eigenvalue weighted by Crippen LogP contribution is -2.23. The van der Waals surface area contributed by atoms with Crippen molar-refractivity contribution in [2.75, 3.05) is 0 Å². The molecular weight excluding hydrogens is 208 g/mol. The number of rotatable bonds is 2. The molecule has 0 heterocycles. The van der Waals surface area contributed by atoms with Crippen molar-refractivity contribution in [1.29, 1.82) is 0 Å². The van der Waals surface area contributed by atoms with Crippen LogP contribution in [0.1, 0.15) is 24.3 Å². The fourth-order valence-electron chi connectivity index (χ4n) is 2.42. The first-order valence-electron chi connectivity index (χ1n) is 6.03. The number of hydrogen-bond acceptors (Lipinski definition) is 1. The topological polar surface area (TPSA) is 17.1 Å². The van der Waals surface area contributed by atoms with Gasteiger partial charge in [-0.2, -0.15) is 0 Å². The highest BCUT2D eigenvalue weighted by Crippen LogP contribution is 2.38. The van der Waals surface area contributed by atoms with E-state index in [1.54, 1.807) is 0 Å². The fraction of sp³-hybridized carbons (Fsp3) is 0.188. The van der Waals surface area contributed by atoms with Gasteiger partial charge in [0.25, 0.3) is 0 Å². The van der Waals surface area contributed by atoms with Crippen molar-refractivity contribution in [3.05, 3.63) is 60.2 Å². The van der Waals surface area contributed by atoms with E-state index in [4.69, 9.17) is 0 Å². The Hall–Kier alpha value is -1.89. The second-order valence-corrected chi connectivity index (χ2v) is 4.51. The monoisotopic (exact) mass is 222 g/mol. The third-order valence-electron chi connectivity index (χ3n) is 3.49. The maximum Gasteiger partial charge on any atom is 0.140 e. The highest BCUT2D eigenvalue weighted by molar-refractivity contribution is 5.93. The molecule has 84 valence electrons. The summed E-state index contributed by atoms with van der Waals surface area (Å²) in [5, 5.41) is 0. The molecule has 3 rings (SSSR count). The van der Waals surface area contributed by atoms with Gasteiger partial charge in [0.15, 0.2) is 0 Å². The Morgan fingerprint density at radius 1 is 0.882 bits per heavy atom. The lowest BCUT2D eigenvalue weighted by atomic mass is 9.76. The summed E-state index contributed by atoms with van der Waals surface area (Å²) >= 11 is 0. The molecule has 1 heteroatoms. The molecule has 2 aromatic rings. The smallest absolute Gasteiger partial charge is 0.140 e. The maximum atomic E-state index is 11.6. The largest absolute Gasteiger partial charge is 0.299 e. The lowest BCUT2D eigenvalue weighted by Gasteiger charge is -2.26. The van der Waals surface area contributed by atoms with Crippen molar-refractivity contribution >= 4 is 5.78 Å². The van der Waals surface area contributed by atoms with Crippen LogP contribution in [0.25, 0.3) is 11.1 Å². The summed E-state index contributed by atoms with van der Waals surface area (Å²) in [6.07, 6.45) is 1.75. The van der Waals surface area contributed by atoms with Crippen LogP contribution in [0.4, 0.5) is 0 Å². The van der Waals surface area contributed by atoms with Crippen LogP contribution < -0.4 is 0 Å². The van der Waals surface area contributed by atoms with Crippen LogP contribution in [-0.4, -0.2) is 5.78 Å². The first-order valence-corrected chi connectivity index (χ1v) is 6.03. The molecule has 1 saturated carbocycles. The van der Waals surface area contributed by atoms with Gasteiger partial charge in [-0.3, -0.25) is 4.79 Å². The summed E-state index contributed by atoms with van der Waals surface area (Å²) in [5.41, 5.74) is 3.59. The number of Topliss-reactive ketones (excluding diaryl/α,β-unsaturated/α-hetero) is 1. The van der Waals surface area contributed by atoms with Crippen molar-refractivity contribution in [1.82, 2.24) is 0 Å². The van der Waals surface area contributed by atoms with Crippen LogP contribution in [0.2, 0.25) is 0 Å². The summed E-state index contributed by atoms with van der Waals surface area (Å²) in [4.78, 5) is 11.6. The van der Waals surface area contributed by atoms with Gasteiger partial charge in [-0.25, -0.2) is 0 Å². The van der Waals surface area contributed by atoms with E-state index in [0.717, 1.165) is 12.8 Å². The molecule has 0 bridgehead atoms. The standard InChI is InChI=1S/C16H14O/c17-16-11-10-15(16)14-9-5-4-8-13(14)12-6-2-1-3-7-12/h1-9,15H,10-11H2. The Bertz CT molecular complexity index is 542. The third kappa shape index (κ3) is 1.78. The van der Waals surface area contributed by atoms with E-state index >= 15 is 0 Å². The van der Waals surface area contributed by atoms with E-state index < -0.39 is 0 Å². The summed E-state index contributed by atoms with van der Waals surface area (Å²) < 4.78 is 0. The van der Waals surface area contributed by atoms with Crippen LogP contribution in [0.3, 0.4) is 0 Å². The van der Waals surface area contributed by atoms with Gasteiger partial charge in [0.1, 0.15) is 5.78 Å². The van der Waals surface area contributed by atoms with Gasteiger partial charge in [-0.15, -0.1) is 0 Å². The second-order valence-electron chi connectivity index (χ2n) is 4.51. The summed E-state index contributed by atoms with van der Waals surface area (Å²) in [5.74, 6) is 0.514. The van der Waals surface area contributed by atoms with Gasteiger partial charge < -0.3 is 0 Å². The van der Waals surface area contributed by atoms with E-state index in [0.29, 0.717) is 5.78 Å². The molecule has 1 aliphatic carbocycles. The average molecular weight is 222 g/mol. The van der Waals surface area contributed by atoms with Crippen LogP contribution in [0.5, 0.6) is 0 Å². The van der Waals surface area contributed by atoms with E-state index in [2.05, 4.69) is 24.3 Å². The predicted molar refractivity (Wildman–Crippen MR) is 68.9 cm³/mol. The summed E-state index contributed by atoms with van der Waals surface area (Å²) in [7, 11) is 0. The van der Waals surface area contributed by atoms with Crippen molar-refractivity contribution in [3.63, 3.8) is 0 Å². The minimum Gasteiger partial charge on any atom is -0.299 e. The lowest BCUT2D eigenvalue weighted by molar-refractivity contribution is -0.125. The number of carbonyl (C=O) groups excluding carboxylic acids is 1. The van der Waals surface area contributed by atoms with E-state index in [9.17, 15) is 4.79 Å². The normalized spacial score (nSPS) is 18.8. The molecule has 1 atom stereocenters. The Labute approximate surface area is 101 Å². The first kappa shape index (κ1) is 10.3. The number of hydrogen-bond donors (Lipinski definition) is 0. The summed E-state index contributed by atoms with van der Waals surface area (Å²) in [6, 6.07) is 18.5. The Kier molecular flexibility index (Phi) is 2.52. The quantitative estimate of drug-likeness (QED) is 0.755. The van der Waals surface area contributed by atoms with Gasteiger partial charge in [0.2, 0.25) is 0 Å². The Morgan fingerprint density at radius 2 is 1.59 bits per heavy atom. The van der Waals surface area contributed by atoms with E-state index in [1.807, 2.05) is 30.3 Å². The fourth-order valence-corrected chi connectivity index (χ4v) is 2.42. The maximum absolute atomic E-state index is 11.6. The van der Waals surface area contributed by atoms with Gasteiger partial charge in [-0.05, 0) is 23.1 Å². The van der Waals surface area contributed by atoms with Crippen molar-refractivity contribution < 1.29 is 4.79 Å². The van der Waals surface area contributed by atoms with Crippen LogP contribution in [0, 0.1) is 0 Å². The molecular formula is C16H14O. The minimum atomic E-state index is 0.131. The second kappa shape index (κ2) is 4.17.